The number of aromatic nitrogens is 8. The highest BCUT2D eigenvalue weighted by atomic mass is 16.5. The molecule has 18 nitrogen and oxygen atoms in total. The van der Waals surface area contributed by atoms with Gasteiger partial charge in [-0.1, -0.05) is 62.4 Å². The van der Waals surface area contributed by atoms with Gasteiger partial charge in [-0.25, -0.2) is 0 Å². The summed E-state index contributed by atoms with van der Waals surface area (Å²) in [5, 5.41) is 36.1. The Bertz CT molecular complexity index is 3840. The van der Waals surface area contributed by atoms with Gasteiger partial charge in [0.25, 0.3) is 0 Å². The van der Waals surface area contributed by atoms with Gasteiger partial charge >= 0.3 is 6.01 Å². The molecule has 2 bridgehead atoms. The van der Waals surface area contributed by atoms with Crippen LogP contribution in [0.4, 0.5) is 5.82 Å². The fraction of sp³-hybridized carbons (Fsp3) is 0.422. The molecule has 5 fully saturated rings. The predicted molar refractivity (Wildman–Crippen MR) is 317 cm³/mol. The molecule has 14 rings (SSSR count). The molecule has 424 valence electrons. The molecule has 4 atom stereocenters. The van der Waals surface area contributed by atoms with E-state index in [9.17, 15) is 9.59 Å². The van der Waals surface area contributed by atoms with Gasteiger partial charge in [-0.05, 0) is 132 Å². The number of aliphatic hydroxyl groups is 1. The summed E-state index contributed by atoms with van der Waals surface area (Å²) in [5.41, 5.74) is 11.2. The van der Waals surface area contributed by atoms with E-state index in [1.165, 1.54) is 5.56 Å². The molecule has 4 aromatic heterocycles. The van der Waals surface area contributed by atoms with Crippen LogP contribution in [0.15, 0.2) is 97.5 Å². The third kappa shape index (κ3) is 9.97. The smallest absolute Gasteiger partial charge is 0.319 e. The highest BCUT2D eigenvalue weighted by molar-refractivity contribution is 6.07. The number of aromatic amines is 1. The Kier molecular flexibility index (Phi) is 14.6. The van der Waals surface area contributed by atoms with Crippen LogP contribution in [0, 0.1) is 12.8 Å². The summed E-state index contributed by atoms with van der Waals surface area (Å²) in [4.78, 5) is 43.5. The number of fused-ring (bicyclic) bond motifs is 7. The number of nitrogens with zero attached hydrogens (tertiary/aromatic N) is 9. The number of hydrogen-bond donors (Lipinski definition) is 4. The molecule has 4 aliphatic heterocycles. The van der Waals surface area contributed by atoms with Crippen molar-refractivity contribution >= 4 is 61.1 Å². The SMILES string of the molecule is CCn1nccc1-c1ccc(CNC(=O)C2CCCN2C(=O)C(C(C)C)n2cc3c(ccc4cc(COc5c(-c6c(C)ccc7[nH]ncc67)c(C6CC6)cc6c(N7CC8CC7CN8)nc(OC7CCOCC7)nc56)ccc43)n2)cc1.CO. The lowest BCUT2D eigenvalue weighted by Gasteiger charge is -2.31. The maximum absolute atomic E-state index is 14.7. The van der Waals surface area contributed by atoms with Crippen LogP contribution >= 0.6 is 0 Å². The van der Waals surface area contributed by atoms with E-state index in [2.05, 4.69) is 99.3 Å². The molecule has 82 heavy (non-hydrogen) atoms. The number of carbonyl (C=O) groups is 2. The summed E-state index contributed by atoms with van der Waals surface area (Å²) in [5.74, 6) is 1.70. The molecular weight excluding hydrogens is 1030 g/mol. The lowest BCUT2D eigenvalue weighted by molar-refractivity contribution is -0.142. The van der Waals surface area contributed by atoms with E-state index >= 15 is 0 Å². The Morgan fingerprint density at radius 3 is 2.49 bits per heavy atom. The number of aryl methyl sites for hydroxylation is 2. The van der Waals surface area contributed by atoms with Crippen molar-refractivity contribution in [2.75, 3.05) is 44.9 Å². The van der Waals surface area contributed by atoms with E-state index in [-0.39, 0.29) is 30.4 Å². The molecule has 18 heteroatoms. The number of nitrogens with one attached hydrogen (secondary N) is 3. The van der Waals surface area contributed by atoms with Crippen molar-refractivity contribution in [3.63, 3.8) is 0 Å². The van der Waals surface area contributed by atoms with E-state index < -0.39 is 12.1 Å². The number of piperazine rings is 1. The molecule has 1 aliphatic carbocycles. The Balaban J connectivity index is 0.00000312. The number of rotatable bonds is 16. The molecule has 8 heterocycles. The monoisotopic (exact) mass is 1100 g/mol. The van der Waals surface area contributed by atoms with Crippen LogP contribution in [0.3, 0.4) is 0 Å². The third-order valence-corrected chi connectivity index (χ3v) is 17.5. The minimum absolute atomic E-state index is 0.0460. The first-order valence-electron chi connectivity index (χ1n) is 29.4. The van der Waals surface area contributed by atoms with Crippen LogP contribution in [0.1, 0.15) is 99.9 Å². The molecule has 5 aliphatic rings. The van der Waals surface area contributed by atoms with E-state index in [4.69, 9.17) is 34.4 Å². The molecule has 1 saturated carbocycles. The molecule has 4 unspecified atom stereocenters. The molecule has 5 aromatic carbocycles. The number of likely N-dealkylation sites (tertiary alicyclic amines) is 1. The summed E-state index contributed by atoms with van der Waals surface area (Å²) < 4.78 is 23.6. The first-order chi connectivity index (χ1) is 40.1. The van der Waals surface area contributed by atoms with Gasteiger partial charge < -0.3 is 39.8 Å². The Morgan fingerprint density at radius 2 is 1.72 bits per heavy atom. The van der Waals surface area contributed by atoms with Crippen LogP contribution in [0.2, 0.25) is 0 Å². The highest BCUT2D eigenvalue weighted by Gasteiger charge is 2.42. The number of H-pyrrole nitrogens is 1. The first-order valence-corrected chi connectivity index (χ1v) is 29.4. The molecule has 2 amide bonds. The van der Waals surface area contributed by atoms with Gasteiger partial charge in [-0.15, -0.1) is 0 Å². The summed E-state index contributed by atoms with van der Waals surface area (Å²) in [6, 6.07) is 27.4. The number of aliphatic hydroxyl groups excluding tert-OH is 1. The fourth-order valence-corrected chi connectivity index (χ4v) is 13.2. The Labute approximate surface area is 476 Å². The average molecular weight is 1110 g/mol. The van der Waals surface area contributed by atoms with Crippen LogP contribution in [-0.4, -0.2) is 126 Å². The van der Waals surface area contributed by atoms with Crippen molar-refractivity contribution in [2.24, 2.45) is 5.92 Å². The second kappa shape index (κ2) is 22.4. The third-order valence-electron chi connectivity index (χ3n) is 17.5. The van der Waals surface area contributed by atoms with Crippen molar-refractivity contribution in [1.29, 1.82) is 0 Å². The van der Waals surface area contributed by atoms with E-state index in [0.717, 1.165) is 159 Å². The zero-order chi connectivity index (χ0) is 56.2. The van der Waals surface area contributed by atoms with Crippen molar-refractivity contribution in [3.05, 3.63) is 120 Å². The summed E-state index contributed by atoms with van der Waals surface area (Å²) in [7, 11) is 1.00. The van der Waals surface area contributed by atoms with Crippen molar-refractivity contribution < 1.29 is 28.9 Å². The maximum atomic E-state index is 14.7. The molecule has 4 saturated heterocycles. The van der Waals surface area contributed by atoms with Gasteiger partial charge in [0.1, 0.15) is 36.1 Å². The first kappa shape index (κ1) is 53.4. The van der Waals surface area contributed by atoms with Crippen LogP contribution in [-0.2, 0) is 34.0 Å². The minimum Gasteiger partial charge on any atom is -0.486 e. The summed E-state index contributed by atoms with van der Waals surface area (Å²) >= 11 is 0. The van der Waals surface area contributed by atoms with Gasteiger partial charge in [-0.2, -0.15) is 25.3 Å². The number of hydrogen-bond acceptors (Lipinski definition) is 13. The normalized spacial score (nSPS) is 19.4. The van der Waals surface area contributed by atoms with Crippen molar-refractivity contribution in [3.8, 4) is 34.1 Å². The van der Waals surface area contributed by atoms with E-state index in [1.807, 2.05) is 66.1 Å². The molecule has 4 N–H and O–H groups in total. The van der Waals surface area contributed by atoms with Gasteiger partial charge in [0.15, 0.2) is 5.75 Å². The van der Waals surface area contributed by atoms with Gasteiger partial charge in [-0.3, -0.25) is 24.1 Å². The second-order valence-electron chi connectivity index (χ2n) is 23.1. The zero-order valence-corrected chi connectivity index (χ0v) is 47.4. The number of carbonyl (C=O) groups excluding carboxylic acids is 2. The van der Waals surface area contributed by atoms with Gasteiger partial charge in [0.05, 0.1) is 36.1 Å². The number of benzene rings is 5. The molecule has 0 spiro atoms. The van der Waals surface area contributed by atoms with Crippen molar-refractivity contribution in [2.45, 2.75) is 129 Å². The second-order valence-corrected chi connectivity index (χ2v) is 23.1. The Hall–Kier alpha value is -7.93. The van der Waals surface area contributed by atoms with E-state index in [1.54, 1.807) is 4.90 Å². The van der Waals surface area contributed by atoms with Crippen LogP contribution in [0.5, 0.6) is 11.8 Å². The van der Waals surface area contributed by atoms with E-state index in [0.29, 0.717) is 56.7 Å². The van der Waals surface area contributed by atoms with Crippen molar-refractivity contribution in [1.82, 2.24) is 55.3 Å². The Morgan fingerprint density at radius 1 is 0.890 bits per heavy atom. The minimum atomic E-state index is -0.598. The predicted octanol–water partition coefficient (Wildman–Crippen LogP) is 9.55. The maximum Gasteiger partial charge on any atom is 0.319 e. The zero-order valence-electron chi connectivity index (χ0n) is 47.4. The summed E-state index contributed by atoms with van der Waals surface area (Å²) in [6.07, 6.45) is 11.9. The summed E-state index contributed by atoms with van der Waals surface area (Å²) in [6.45, 7) is 13.4. The quantitative estimate of drug-likeness (QED) is 0.0713. The largest absolute Gasteiger partial charge is 0.486 e. The van der Waals surface area contributed by atoms with Crippen LogP contribution in [0.25, 0.3) is 65.9 Å². The van der Waals surface area contributed by atoms with Crippen LogP contribution < -0.4 is 25.0 Å². The topological polar surface area (TPSA) is 203 Å². The molecule has 9 aromatic rings. The van der Waals surface area contributed by atoms with Gasteiger partial charge in [0, 0.05) is 98.9 Å². The molecule has 0 radical (unpaired) electrons. The average Bonchev–Trinajstić information content (AvgIpc) is 3.83. The number of anilines is 1. The van der Waals surface area contributed by atoms with Gasteiger partial charge in [0.2, 0.25) is 11.8 Å². The fourth-order valence-electron chi connectivity index (χ4n) is 13.2. The lowest BCUT2D eigenvalue weighted by Crippen LogP contribution is -2.48. The lowest BCUT2D eigenvalue weighted by atomic mass is 9.89. The highest BCUT2D eigenvalue weighted by Crippen LogP contribution is 2.53. The standard InChI is InChI=1S/C63H68N12O5.CH4O/c1-5-74-53(20-23-67-74)41-12-9-38(10-13-41)30-65-61(76)54-7-6-24-72(54)62(77)58(36(2)3)75-34-50-46-17-11-39(27-42(46)16-19-52(50)71-75)35-79-59-56(55-37(4)8-18-51-49(55)32-66-70-51)47(40-14-15-40)29-48-57(59)68-63(80-45-21-25-78-26-22-45)69-60(48)73-33-43-28-44(73)31-64-43;1-2/h8-13,16-20,23,27,29,32,34,36,40,43-45,54,58,64H,5-7,14-15,21-22,24-26,28,30-31,33,35H2,1-4H3,(H,65,76)(H,66,70);2H,1H3. The number of amides is 2. The number of ether oxygens (including phenoxy) is 3. The molecular formula is C64H72N12O6.